The number of benzene rings is 8. The Bertz CT molecular complexity index is 2830. The van der Waals surface area contributed by atoms with E-state index in [9.17, 15) is 0 Å². The van der Waals surface area contributed by atoms with E-state index in [1.807, 2.05) is 24.3 Å². The minimum atomic E-state index is 0.850. The third kappa shape index (κ3) is 4.98. The molecule has 0 saturated heterocycles. The number of nitrogens with zero attached hydrogens (tertiary/aromatic N) is 1. The molecule has 3 heteroatoms. The van der Waals surface area contributed by atoms with Crippen LogP contribution in [-0.4, -0.2) is 0 Å². The molecule has 0 unspecified atom stereocenters. The molecule has 0 saturated carbocycles. The van der Waals surface area contributed by atoms with Gasteiger partial charge in [-0.2, -0.15) is 0 Å². The van der Waals surface area contributed by atoms with Crippen molar-refractivity contribution in [2.24, 2.45) is 0 Å². The van der Waals surface area contributed by atoms with Crippen LogP contribution in [0.3, 0.4) is 0 Å². The third-order valence-corrected chi connectivity index (χ3v) is 9.90. The summed E-state index contributed by atoms with van der Waals surface area (Å²) in [7, 11) is 0. The standard InChI is InChI=1S/C48H31NO2/c1-3-11-32(12-4-1)34-19-21-36(22-20-34)47-42(29-30-45-48(47)41-16-8-10-18-44(41)50-45)49(37-25-23-35(24-26-37)33-13-5-2-6-14-33)38-27-28-40-39-15-7-9-17-43(39)51-46(40)31-38/h1-31H. The predicted molar refractivity (Wildman–Crippen MR) is 212 cm³/mol. The van der Waals surface area contributed by atoms with Crippen molar-refractivity contribution in [1.29, 1.82) is 0 Å². The minimum absolute atomic E-state index is 0.850. The summed E-state index contributed by atoms with van der Waals surface area (Å²) in [6.07, 6.45) is 0. The van der Waals surface area contributed by atoms with E-state index < -0.39 is 0 Å². The van der Waals surface area contributed by atoms with Gasteiger partial charge in [0, 0.05) is 44.5 Å². The topological polar surface area (TPSA) is 29.5 Å². The number of hydrogen-bond acceptors (Lipinski definition) is 3. The van der Waals surface area contributed by atoms with Crippen LogP contribution in [-0.2, 0) is 0 Å². The SMILES string of the molecule is c1ccc(-c2ccc(-c3c(N(c4ccc(-c5ccccc5)cc4)c4ccc5c(c4)oc4ccccc45)ccc4oc5ccccc5c34)cc2)cc1. The van der Waals surface area contributed by atoms with Crippen molar-refractivity contribution in [3.63, 3.8) is 0 Å². The highest BCUT2D eigenvalue weighted by Gasteiger charge is 2.23. The Morgan fingerprint density at radius 1 is 0.314 bits per heavy atom. The van der Waals surface area contributed by atoms with Gasteiger partial charge in [-0.15, -0.1) is 0 Å². The Kier molecular flexibility index (Phi) is 6.81. The Morgan fingerprint density at radius 3 is 1.49 bits per heavy atom. The maximum absolute atomic E-state index is 6.48. The van der Waals surface area contributed by atoms with Crippen LogP contribution in [0, 0.1) is 0 Å². The average Bonchev–Trinajstić information content (AvgIpc) is 3.77. The molecule has 0 aliphatic carbocycles. The highest BCUT2D eigenvalue weighted by molar-refractivity contribution is 6.16. The summed E-state index contributed by atoms with van der Waals surface area (Å²) in [5.74, 6) is 0. The molecule has 0 bridgehead atoms. The molecule has 51 heavy (non-hydrogen) atoms. The van der Waals surface area contributed by atoms with Gasteiger partial charge in [0.25, 0.3) is 0 Å². The molecule has 0 aliphatic heterocycles. The van der Waals surface area contributed by atoms with Crippen LogP contribution in [0.5, 0.6) is 0 Å². The molecule has 0 amide bonds. The second kappa shape index (κ2) is 11.9. The van der Waals surface area contributed by atoms with Crippen LogP contribution in [0.4, 0.5) is 17.1 Å². The average molecular weight is 654 g/mol. The molecule has 0 spiro atoms. The summed E-state index contributed by atoms with van der Waals surface area (Å²) in [5.41, 5.74) is 13.5. The Labute approximate surface area is 295 Å². The second-order valence-electron chi connectivity index (χ2n) is 12.9. The van der Waals surface area contributed by atoms with Crippen molar-refractivity contribution in [2.75, 3.05) is 4.90 Å². The van der Waals surface area contributed by atoms with E-state index in [4.69, 9.17) is 8.83 Å². The minimum Gasteiger partial charge on any atom is -0.456 e. The molecule has 0 radical (unpaired) electrons. The van der Waals surface area contributed by atoms with Gasteiger partial charge in [0.05, 0.1) is 5.69 Å². The van der Waals surface area contributed by atoms with Crippen LogP contribution in [0.2, 0.25) is 0 Å². The molecule has 2 aromatic heterocycles. The predicted octanol–water partition coefficient (Wildman–Crippen LogP) is 14.0. The van der Waals surface area contributed by atoms with Gasteiger partial charge < -0.3 is 13.7 Å². The summed E-state index contributed by atoms with van der Waals surface area (Å²) in [4.78, 5) is 2.35. The molecule has 2 heterocycles. The van der Waals surface area contributed by atoms with E-state index in [2.05, 4.69) is 169 Å². The van der Waals surface area contributed by atoms with E-state index >= 15 is 0 Å². The molecule has 3 nitrogen and oxygen atoms in total. The molecule has 240 valence electrons. The highest BCUT2D eigenvalue weighted by atomic mass is 16.3. The lowest BCUT2D eigenvalue weighted by Gasteiger charge is -2.28. The summed E-state index contributed by atoms with van der Waals surface area (Å²) >= 11 is 0. The third-order valence-electron chi connectivity index (χ3n) is 9.90. The lowest BCUT2D eigenvalue weighted by molar-refractivity contribution is 0.668. The van der Waals surface area contributed by atoms with Gasteiger partial charge in [0.15, 0.2) is 0 Å². The fourth-order valence-corrected chi connectivity index (χ4v) is 7.46. The van der Waals surface area contributed by atoms with Gasteiger partial charge in [0.1, 0.15) is 22.3 Å². The smallest absolute Gasteiger partial charge is 0.137 e. The quantitative estimate of drug-likeness (QED) is 0.179. The van der Waals surface area contributed by atoms with E-state index in [1.165, 1.54) is 22.3 Å². The monoisotopic (exact) mass is 653 g/mol. The lowest BCUT2D eigenvalue weighted by atomic mass is 9.94. The molecule has 0 atom stereocenters. The number of hydrogen-bond donors (Lipinski definition) is 0. The number of anilines is 3. The van der Waals surface area contributed by atoms with Gasteiger partial charge >= 0.3 is 0 Å². The van der Waals surface area contributed by atoms with Crippen molar-refractivity contribution in [3.8, 4) is 33.4 Å². The first kappa shape index (κ1) is 29.1. The van der Waals surface area contributed by atoms with E-state index in [0.717, 1.165) is 72.1 Å². The molecular formula is C48H31NO2. The van der Waals surface area contributed by atoms with Crippen LogP contribution in [0.25, 0.3) is 77.3 Å². The van der Waals surface area contributed by atoms with Crippen LogP contribution >= 0.6 is 0 Å². The fourth-order valence-electron chi connectivity index (χ4n) is 7.46. The zero-order valence-electron chi connectivity index (χ0n) is 27.7. The number of fused-ring (bicyclic) bond motifs is 6. The first-order valence-electron chi connectivity index (χ1n) is 17.3. The van der Waals surface area contributed by atoms with Gasteiger partial charge in [0.2, 0.25) is 0 Å². The zero-order valence-corrected chi connectivity index (χ0v) is 27.7. The summed E-state index contributed by atoms with van der Waals surface area (Å²) < 4.78 is 12.9. The number of rotatable bonds is 6. The van der Waals surface area contributed by atoms with Crippen molar-refractivity contribution in [3.05, 3.63) is 188 Å². The second-order valence-corrected chi connectivity index (χ2v) is 12.9. The normalized spacial score (nSPS) is 11.5. The van der Waals surface area contributed by atoms with Crippen LogP contribution in [0.1, 0.15) is 0 Å². The summed E-state index contributed by atoms with van der Waals surface area (Å²) in [6.45, 7) is 0. The van der Waals surface area contributed by atoms with Crippen molar-refractivity contribution < 1.29 is 8.83 Å². The van der Waals surface area contributed by atoms with Crippen LogP contribution < -0.4 is 4.90 Å². The maximum Gasteiger partial charge on any atom is 0.137 e. The Morgan fingerprint density at radius 2 is 0.804 bits per heavy atom. The largest absolute Gasteiger partial charge is 0.456 e. The zero-order chi connectivity index (χ0) is 33.7. The Hall–Kier alpha value is -6.84. The summed E-state index contributed by atoms with van der Waals surface area (Å²) in [5, 5.41) is 4.39. The molecule has 0 N–H and O–H groups in total. The lowest BCUT2D eigenvalue weighted by Crippen LogP contribution is -2.11. The van der Waals surface area contributed by atoms with Crippen molar-refractivity contribution >= 4 is 60.9 Å². The molecule has 0 fully saturated rings. The Balaban J connectivity index is 1.23. The fraction of sp³-hybridized carbons (Fsp3) is 0. The van der Waals surface area contributed by atoms with Gasteiger partial charge in [-0.1, -0.05) is 133 Å². The first-order valence-corrected chi connectivity index (χ1v) is 17.3. The number of furan rings is 2. The number of para-hydroxylation sites is 2. The van der Waals surface area contributed by atoms with E-state index in [-0.39, 0.29) is 0 Å². The molecular weight excluding hydrogens is 623 g/mol. The molecule has 0 aliphatic rings. The van der Waals surface area contributed by atoms with Crippen molar-refractivity contribution in [2.45, 2.75) is 0 Å². The highest BCUT2D eigenvalue weighted by Crippen LogP contribution is 2.48. The van der Waals surface area contributed by atoms with Crippen molar-refractivity contribution in [1.82, 2.24) is 0 Å². The van der Waals surface area contributed by atoms with Gasteiger partial charge in [-0.3, -0.25) is 0 Å². The maximum atomic E-state index is 6.48. The molecule has 8 aromatic carbocycles. The van der Waals surface area contributed by atoms with E-state index in [0.29, 0.717) is 0 Å². The first-order chi connectivity index (χ1) is 25.3. The van der Waals surface area contributed by atoms with Gasteiger partial charge in [-0.25, -0.2) is 0 Å². The van der Waals surface area contributed by atoms with Crippen LogP contribution in [0.15, 0.2) is 197 Å². The molecule has 10 aromatic rings. The van der Waals surface area contributed by atoms with E-state index in [1.54, 1.807) is 0 Å². The summed E-state index contributed by atoms with van der Waals surface area (Å²) in [6, 6.07) is 66.2. The molecule has 10 rings (SSSR count). The van der Waals surface area contributed by atoms with Gasteiger partial charge in [-0.05, 0) is 76.3 Å².